The number of amides is 2. The van der Waals surface area contributed by atoms with Gasteiger partial charge in [-0.2, -0.15) is 0 Å². The van der Waals surface area contributed by atoms with Crippen LogP contribution < -0.4 is 10.6 Å². The van der Waals surface area contributed by atoms with Gasteiger partial charge in [0.15, 0.2) is 0 Å². The van der Waals surface area contributed by atoms with E-state index in [-0.39, 0.29) is 0 Å². The van der Waals surface area contributed by atoms with Gasteiger partial charge in [-0.25, -0.2) is 9.59 Å². The van der Waals surface area contributed by atoms with Crippen molar-refractivity contribution in [1.29, 1.82) is 0 Å². The largest absolute Gasteiger partial charge is 0.453 e. The molecule has 0 saturated carbocycles. The third kappa shape index (κ3) is 6.96. The van der Waals surface area contributed by atoms with Crippen molar-refractivity contribution in [1.82, 2.24) is 10.6 Å². The van der Waals surface area contributed by atoms with E-state index in [4.69, 9.17) is 0 Å². The third-order valence-electron chi connectivity index (χ3n) is 1.27. The van der Waals surface area contributed by atoms with Crippen LogP contribution in [0.5, 0.6) is 0 Å². The van der Waals surface area contributed by atoms with Gasteiger partial charge in [-0.05, 0) is 6.42 Å². The van der Waals surface area contributed by atoms with Crippen LogP contribution in [-0.4, -0.2) is 33.0 Å². The first kappa shape index (κ1) is 12.3. The second-order valence-corrected chi connectivity index (χ2v) is 2.25. The Kier molecular flexibility index (Phi) is 6.93. The van der Waals surface area contributed by atoms with E-state index < -0.39 is 12.2 Å². The molecule has 0 bridgehead atoms. The van der Waals surface area contributed by atoms with Crippen molar-refractivity contribution in [3.8, 4) is 0 Å². The Balaban J connectivity index is 3.36. The van der Waals surface area contributed by atoms with Crippen LogP contribution in [0, 0.1) is 0 Å². The van der Waals surface area contributed by atoms with Gasteiger partial charge < -0.3 is 14.8 Å². The minimum absolute atomic E-state index is 0.450. The highest BCUT2D eigenvalue weighted by molar-refractivity contribution is 5.68. The highest BCUT2D eigenvalue weighted by atomic mass is 16.5. The average Bonchev–Trinajstić information content (AvgIpc) is 2.22. The Morgan fingerprint density at radius 2 is 1.86 bits per heavy atom. The topological polar surface area (TPSA) is 76.7 Å². The minimum Gasteiger partial charge on any atom is -0.453 e. The lowest BCUT2D eigenvalue weighted by molar-refractivity contribution is 0.171. The minimum atomic E-state index is -0.526. The van der Waals surface area contributed by atoms with Gasteiger partial charge in [-0.3, -0.25) is 5.32 Å². The van der Waals surface area contributed by atoms with Crippen LogP contribution in [0.1, 0.15) is 6.42 Å². The summed E-state index contributed by atoms with van der Waals surface area (Å²) in [6.07, 6.45) is 2.73. The second-order valence-electron chi connectivity index (χ2n) is 2.25. The van der Waals surface area contributed by atoms with Crippen LogP contribution in [0.15, 0.2) is 12.3 Å². The maximum absolute atomic E-state index is 10.6. The fraction of sp³-hybridized carbons (Fsp3) is 0.500. The molecule has 0 aliphatic rings. The molecule has 0 unspecified atom stereocenters. The van der Waals surface area contributed by atoms with Crippen molar-refractivity contribution in [2.75, 3.05) is 20.8 Å². The predicted molar refractivity (Wildman–Crippen MR) is 49.7 cm³/mol. The molecule has 0 aromatic rings. The highest BCUT2D eigenvalue weighted by Gasteiger charge is 1.94. The van der Waals surface area contributed by atoms with Crippen LogP contribution in [0.25, 0.3) is 0 Å². The summed E-state index contributed by atoms with van der Waals surface area (Å²) in [6, 6.07) is 0. The first-order chi connectivity index (χ1) is 6.70. The van der Waals surface area contributed by atoms with Crippen molar-refractivity contribution in [2.45, 2.75) is 6.42 Å². The standard InChI is InChI=1S/C8H14N2O4/c1-13-7(11)9-5-3-4-6-10-8(12)14-2/h3,5H,4,6H2,1-2H3,(H,9,11)(H,10,12)/b5-3+. The first-order valence-electron chi connectivity index (χ1n) is 4.02. The number of rotatable bonds is 4. The first-order valence-corrected chi connectivity index (χ1v) is 4.02. The van der Waals surface area contributed by atoms with Gasteiger partial charge in [-0.1, -0.05) is 6.08 Å². The summed E-state index contributed by atoms with van der Waals surface area (Å²) in [5.41, 5.74) is 0. The molecule has 0 saturated heterocycles. The zero-order valence-corrected chi connectivity index (χ0v) is 8.20. The molecule has 0 atom stereocenters. The molecule has 80 valence electrons. The second kappa shape index (κ2) is 7.90. The summed E-state index contributed by atoms with van der Waals surface area (Å²) in [5, 5.41) is 4.83. The van der Waals surface area contributed by atoms with Crippen molar-refractivity contribution in [3.63, 3.8) is 0 Å². The summed E-state index contributed by atoms with van der Waals surface area (Å²) in [7, 11) is 2.58. The van der Waals surface area contributed by atoms with Gasteiger partial charge in [0.25, 0.3) is 0 Å². The molecule has 6 heteroatoms. The highest BCUT2D eigenvalue weighted by Crippen LogP contribution is 1.80. The fourth-order valence-corrected chi connectivity index (χ4v) is 0.599. The van der Waals surface area contributed by atoms with E-state index in [1.165, 1.54) is 20.4 Å². The molecule has 0 aliphatic carbocycles. The van der Waals surface area contributed by atoms with Crippen molar-refractivity contribution in [2.24, 2.45) is 0 Å². The molecular formula is C8H14N2O4. The number of carbonyl (C=O) groups excluding carboxylic acids is 2. The van der Waals surface area contributed by atoms with Gasteiger partial charge >= 0.3 is 12.2 Å². The number of alkyl carbamates (subject to hydrolysis) is 2. The number of ether oxygens (including phenoxy) is 2. The SMILES string of the molecule is COC(=O)N/C=C/CCNC(=O)OC. The maximum Gasteiger partial charge on any atom is 0.410 e. The van der Waals surface area contributed by atoms with E-state index in [2.05, 4.69) is 20.1 Å². The Labute approximate surface area is 82.3 Å². The molecule has 0 spiro atoms. The molecule has 0 rings (SSSR count). The molecule has 0 radical (unpaired) electrons. The van der Waals surface area contributed by atoms with Crippen LogP contribution in [-0.2, 0) is 9.47 Å². The maximum atomic E-state index is 10.6. The van der Waals surface area contributed by atoms with Crippen molar-refractivity contribution in [3.05, 3.63) is 12.3 Å². The zero-order chi connectivity index (χ0) is 10.8. The number of methoxy groups -OCH3 is 2. The number of hydrogen-bond donors (Lipinski definition) is 2. The molecule has 6 nitrogen and oxygen atoms in total. The van der Waals surface area contributed by atoms with Crippen molar-refractivity contribution < 1.29 is 19.1 Å². The van der Waals surface area contributed by atoms with Crippen LogP contribution in [0.3, 0.4) is 0 Å². The summed E-state index contributed by atoms with van der Waals surface area (Å²) in [4.78, 5) is 21.1. The van der Waals surface area contributed by atoms with E-state index in [0.29, 0.717) is 13.0 Å². The van der Waals surface area contributed by atoms with E-state index in [1.807, 2.05) is 0 Å². The lowest BCUT2D eigenvalue weighted by atomic mass is 10.4. The third-order valence-corrected chi connectivity index (χ3v) is 1.27. The lowest BCUT2D eigenvalue weighted by Gasteiger charge is -2.00. The Hall–Kier alpha value is -1.72. The molecule has 2 N–H and O–H groups in total. The normalized spacial score (nSPS) is 9.57. The number of carbonyl (C=O) groups is 2. The zero-order valence-electron chi connectivity index (χ0n) is 8.20. The summed E-state index contributed by atoms with van der Waals surface area (Å²) in [6.45, 7) is 0.450. The molecule has 0 heterocycles. The van der Waals surface area contributed by atoms with Crippen molar-refractivity contribution >= 4 is 12.2 Å². The van der Waals surface area contributed by atoms with Gasteiger partial charge in [0.2, 0.25) is 0 Å². The molecule has 0 fully saturated rings. The van der Waals surface area contributed by atoms with E-state index in [1.54, 1.807) is 6.08 Å². The van der Waals surface area contributed by atoms with Gasteiger partial charge in [0, 0.05) is 12.7 Å². The monoisotopic (exact) mass is 202 g/mol. The van der Waals surface area contributed by atoms with Crippen LogP contribution in [0.2, 0.25) is 0 Å². The predicted octanol–water partition coefficient (Wildman–Crippen LogP) is 0.602. The summed E-state index contributed by atoms with van der Waals surface area (Å²) in [5.74, 6) is 0. The smallest absolute Gasteiger partial charge is 0.410 e. The van der Waals surface area contributed by atoms with Gasteiger partial charge in [0.1, 0.15) is 0 Å². The van der Waals surface area contributed by atoms with Crippen LogP contribution >= 0.6 is 0 Å². The van der Waals surface area contributed by atoms with E-state index in [9.17, 15) is 9.59 Å². The Morgan fingerprint density at radius 3 is 2.43 bits per heavy atom. The molecular weight excluding hydrogens is 188 g/mol. The molecule has 0 aromatic heterocycles. The summed E-state index contributed by atoms with van der Waals surface area (Å²) < 4.78 is 8.67. The Morgan fingerprint density at radius 1 is 1.21 bits per heavy atom. The average molecular weight is 202 g/mol. The molecule has 0 aliphatic heterocycles. The van der Waals surface area contributed by atoms with Gasteiger partial charge in [-0.15, -0.1) is 0 Å². The lowest BCUT2D eigenvalue weighted by Crippen LogP contribution is -2.23. The van der Waals surface area contributed by atoms with Gasteiger partial charge in [0.05, 0.1) is 14.2 Å². The quantitative estimate of drug-likeness (QED) is 0.654. The summed E-state index contributed by atoms with van der Waals surface area (Å²) >= 11 is 0. The number of hydrogen-bond acceptors (Lipinski definition) is 4. The molecule has 2 amide bonds. The van der Waals surface area contributed by atoms with Crippen LogP contribution in [0.4, 0.5) is 9.59 Å². The fourth-order valence-electron chi connectivity index (χ4n) is 0.599. The van der Waals surface area contributed by atoms with E-state index >= 15 is 0 Å². The number of nitrogens with one attached hydrogen (secondary N) is 2. The molecule has 0 aromatic carbocycles. The Bertz CT molecular complexity index is 215. The van der Waals surface area contributed by atoms with E-state index in [0.717, 1.165) is 0 Å². The molecule has 14 heavy (non-hydrogen) atoms.